The van der Waals surface area contributed by atoms with Gasteiger partial charge in [0.05, 0.1) is 54.2 Å². The van der Waals surface area contributed by atoms with E-state index in [0.717, 1.165) is 10.5 Å². The zero-order chi connectivity index (χ0) is 60.0. The average Bonchev–Trinajstić information content (AvgIpc) is 4.11. The van der Waals surface area contributed by atoms with Gasteiger partial charge in [0.1, 0.15) is 0 Å². The van der Waals surface area contributed by atoms with Crippen LogP contribution in [0.1, 0.15) is 124 Å². The number of ether oxygens (including phenoxy) is 2. The van der Waals surface area contributed by atoms with Crippen LogP contribution in [0.2, 0.25) is 0 Å². The molecule has 0 saturated carbocycles. The molecule has 2 aliphatic rings. The highest BCUT2D eigenvalue weighted by molar-refractivity contribution is 7.90. The van der Waals surface area contributed by atoms with Crippen molar-refractivity contribution in [2.75, 3.05) is 53.7 Å². The molecule has 81 heavy (non-hydrogen) atoms. The van der Waals surface area contributed by atoms with Gasteiger partial charge in [-0.2, -0.15) is 0 Å². The van der Waals surface area contributed by atoms with Gasteiger partial charge in [0, 0.05) is 64.4 Å². The summed E-state index contributed by atoms with van der Waals surface area (Å²) in [6.45, 7) is 14.4. The topological polar surface area (TPSA) is 250 Å². The van der Waals surface area contributed by atoms with Crippen molar-refractivity contribution in [2.45, 2.75) is 167 Å². The normalized spacial score (nSPS) is 17.7. The molecule has 4 N–H and O–H groups in total. The van der Waals surface area contributed by atoms with E-state index >= 15 is 0 Å². The van der Waals surface area contributed by atoms with Gasteiger partial charge in [-0.1, -0.05) is 122 Å². The molecule has 21 heteroatoms. The summed E-state index contributed by atoms with van der Waals surface area (Å²) in [5, 5.41) is 5.75. The van der Waals surface area contributed by atoms with E-state index in [1.165, 1.54) is 19.3 Å². The molecular formula is C60H92N8O12S. The van der Waals surface area contributed by atoms with Crippen LogP contribution in [0.5, 0.6) is 0 Å². The van der Waals surface area contributed by atoms with Crippen molar-refractivity contribution in [3.8, 4) is 0 Å². The van der Waals surface area contributed by atoms with Crippen LogP contribution in [0.25, 0.3) is 0 Å². The number of sulfone groups is 1. The Bertz CT molecular complexity index is 2510. The van der Waals surface area contributed by atoms with Crippen molar-refractivity contribution in [1.29, 1.82) is 0 Å². The molecule has 8 amide bonds. The van der Waals surface area contributed by atoms with Gasteiger partial charge in [-0.05, 0) is 88.0 Å². The highest BCUT2D eigenvalue weighted by atomic mass is 32.2. The number of amides is 8. The van der Waals surface area contributed by atoms with Gasteiger partial charge in [-0.25, -0.2) is 8.42 Å². The zero-order valence-corrected chi connectivity index (χ0v) is 50.5. The van der Waals surface area contributed by atoms with Crippen LogP contribution in [0, 0.1) is 23.7 Å². The van der Waals surface area contributed by atoms with E-state index in [0.29, 0.717) is 70.0 Å². The Labute approximate surface area is 481 Å². The number of benzene rings is 2. The van der Waals surface area contributed by atoms with Crippen molar-refractivity contribution in [2.24, 2.45) is 23.7 Å². The van der Waals surface area contributed by atoms with Gasteiger partial charge in [-0.15, -0.1) is 0 Å². The highest BCUT2D eigenvalue weighted by Crippen LogP contribution is 2.31. The lowest BCUT2D eigenvalue weighted by Crippen LogP contribution is -2.60. The van der Waals surface area contributed by atoms with Crippen molar-refractivity contribution < 1.29 is 56.2 Å². The smallest absolute Gasteiger partial charge is 0.253 e. The summed E-state index contributed by atoms with van der Waals surface area (Å²) in [5.74, 6) is -4.79. The summed E-state index contributed by atoms with van der Waals surface area (Å²) in [6, 6.07) is 15.2. The number of hydrogen-bond acceptors (Lipinski definition) is 14. The van der Waals surface area contributed by atoms with Gasteiger partial charge < -0.3 is 19.7 Å². The molecule has 1 fully saturated rings. The summed E-state index contributed by atoms with van der Waals surface area (Å²) < 4.78 is 39.4. The summed E-state index contributed by atoms with van der Waals surface area (Å²) in [5.41, 5.74) is 6.38. The first-order valence-electron chi connectivity index (χ1n) is 28.7. The van der Waals surface area contributed by atoms with Crippen LogP contribution in [-0.2, 0) is 69.8 Å². The lowest BCUT2D eigenvalue weighted by atomic mass is 9.87. The molecule has 0 aliphatic carbocycles. The summed E-state index contributed by atoms with van der Waals surface area (Å²) in [4.78, 5) is 112. The number of hydrazine groups is 1. The molecule has 2 heterocycles. The summed E-state index contributed by atoms with van der Waals surface area (Å²) in [6.07, 6.45) is 5.52. The number of hydrogen-bond donors (Lipinski definition) is 4. The van der Waals surface area contributed by atoms with Crippen molar-refractivity contribution in [3.63, 3.8) is 0 Å². The molecule has 9 atom stereocenters. The number of methoxy groups -OCH3 is 2. The van der Waals surface area contributed by atoms with E-state index in [9.17, 15) is 46.8 Å². The van der Waals surface area contributed by atoms with Crippen LogP contribution >= 0.6 is 0 Å². The molecule has 0 bridgehead atoms. The van der Waals surface area contributed by atoms with E-state index in [-0.39, 0.29) is 84.6 Å². The number of rotatable bonds is 34. The Morgan fingerprint density at radius 1 is 0.728 bits per heavy atom. The van der Waals surface area contributed by atoms with E-state index in [1.54, 1.807) is 55.1 Å². The fraction of sp³-hybridized carbons (Fsp3) is 0.633. The maximum Gasteiger partial charge on any atom is 0.253 e. The number of carbonyl (C=O) groups excluding carboxylic acids is 8. The molecule has 0 radical (unpaired) electrons. The van der Waals surface area contributed by atoms with E-state index in [4.69, 9.17) is 9.47 Å². The second-order valence-corrected chi connectivity index (χ2v) is 24.7. The highest BCUT2D eigenvalue weighted by Gasteiger charge is 2.44. The minimum absolute atomic E-state index is 0.0368. The first kappa shape index (κ1) is 67.6. The molecule has 1 saturated heterocycles. The number of likely N-dealkylation sites (tertiary alicyclic amines) is 1. The monoisotopic (exact) mass is 1150 g/mol. The molecule has 2 aliphatic heterocycles. The maximum absolute atomic E-state index is 14.6. The third kappa shape index (κ3) is 20.8. The zero-order valence-electron chi connectivity index (χ0n) is 49.7. The predicted molar refractivity (Wildman–Crippen MR) is 310 cm³/mol. The quantitative estimate of drug-likeness (QED) is 0.0419. The van der Waals surface area contributed by atoms with Crippen LogP contribution in [-0.4, -0.2) is 171 Å². The summed E-state index contributed by atoms with van der Waals surface area (Å²) >= 11 is 0. The molecule has 0 aromatic heterocycles. The van der Waals surface area contributed by atoms with Crippen molar-refractivity contribution in [1.82, 2.24) is 41.1 Å². The third-order valence-electron chi connectivity index (χ3n) is 15.7. The minimum atomic E-state index is -3.65. The molecule has 0 unspecified atom stereocenters. The molecular weight excluding hydrogens is 1060 g/mol. The van der Waals surface area contributed by atoms with E-state index < -0.39 is 75.9 Å². The fourth-order valence-electron chi connectivity index (χ4n) is 11.5. The Morgan fingerprint density at radius 3 is 1.85 bits per heavy atom. The average molecular weight is 1150 g/mol. The minimum Gasteiger partial charge on any atom is -0.379 e. The van der Waals surface area contributed by atoms with Crippen molar-refractivity contribution in [3.05, 3.63) is 83.9 Å². The first-order valence-corrected chi connectivity index (χ1v) is 30.6. The SMILES string of the molecule is CC[C@H](C)[C@@H]([C@@H](CC(=O)N1CCC[C@H]1[C@H](OC)[C@@H](C)C(=O)N[C@@H](Cc1ccccc1)CS(=O)(=O)Cc1ccccc1)OC)N(C)[C@H](C(=O)NC(=O)[C@H](C(C)C)N(C)CCCC(=O)NNC(=O)CCCCCN1C(=O)C=CC1=O)C(C)C. The molecule has 20 nitrogen and oxygen atoms in total. The lowest BCUT2D eigenvalue weighted by molar-refractivity contribution is -0.144. The second-order valence-electron chi connectivity index (χ2n) is 22.6. The van der Waals surface area contributed by atoms with Crippen LogP contribution in [0.4, 0.5) is 0 Å². The number of unbranched alkanes of at least 4 members (excludes halogenated alkanes) is 2. The lowest BCUT2D eigenvalue weighted by Gasteiger charge is -2.43. The first-order chi connectivity index (χ1) is 38.4. The Balaban J connectivity index is 1.36. The number of likely N-dealkylation sites (N-methyl/N-ethyl adjacent to an activating group) is 2. The van der Waals surface area contributed by atoms with Crippen LogP contribution < -0.4 is 21.5 Å². The molecule has 4 rings (SSSR count). The van der Waals surface area contributed by atoms with Gasteiger partial charge in [0.2, 0.25) is 35.4 Å². The molecule has 2 aromatic rings. The number of nitrogens with one attached hydrogen (secondary N) is 4. The molecule has 450 valence electrons. The van der Waals surface area contributed by atoms with Gasteiger partial charge in [-0.3, -0.25) is 69.2 Å². The third-order valence-corrected chi connectivity index (χ3v) is 17.4. The molecule has 2 aromatic carbocycles. The van der Waals surface area contributed by atoms with Gasteiger partial charge >= 0.3 is 0 Å². The van der Waals surface area contributed by atoms with Crippen molar-refractivity contribution >= 4 is 57.1 Å². The van der Waals surface area contributed by atoms with E-state index in [2.05, 4.69) is 21.5 Å². The summed E-state index contributed by atoms with van der Waals surface area (Å²) in [7, 11) is 2.99. The maximum atomic E-state index is 14.6. The Kier molecular flexibility index (Phi) is 27.8. The van der Waals surface area contributed by atoms with Gasteiger partial charge in [0.25, 0.3) is 11.8 Å². The number of nitrogens with zero attached hydrogens (tertiary/aromatic N) is 4. The van der Waals surface area contributed by atoms with E-state index in [1.807, 2.05) is 89.9 Å². The predicted octanol–water partition coefficient (Wildman–Crippen LogP) is 4.76. The second kappa shape index (κ2) is 33.3. The number of imide groups is 2. The Morgan fingerprint density at radius 2 is 1.30 bits per heavy atom. The van der Waals surface area contributed by atoms with Crippen LogP contribution in [0.15, 0.2) is 72.8 Å². The number of carbonyl (C=O) groups is 8. The fourth-order valence-corrected chi connectivity index (χ4v) is 13.1. The van der Waals surface area contributed by atoms with Gasteiger partial charge in [0.15, 0.2) is 9.84 Å². The largest absolute Gasteiger partial charge is 0.379 e. The standard InChI is InChI=1S/C60H92N8O12S/c1-12-42(6)56(66(9)55(41(4)5)60(76)62-59(75)54(40(2)3)65(8)33-23-30-50(70)64-63-49(69)29-20-15-21-34-68-51(71)31-32-52(68)72)48(79-10)37-53(73)67-35-22-28-47(67)57(80-11)43(7)58(74)61-46(36-44-24-16-13-17-25-44)39-81(77,78)38-45-26-18-14-19-27-45/h13-14,16-19,24-27,31-32,40-43,46-48,54-57H,12,15,20-23,28-30,33-39H2,1-11H3,(H,61,74)(H,63,69)(H,64,70)(H,62,75,76)/t42-,43+,46-,47-,48+,54-,55-,56-,57+/m0/s1. The van der Waals surface area contributed by atoms with Crippen LogP contribution in [0.3, 0.4) is 0 Å². The Hall–Kier alpha value is -5.87. The molecule has 0 spiro atoms.